The molecule has 1 aliphatic heterocycles. The molecule has 0 radical (unpaired) electrons. The van der Waals surface area contributed by atoms with E-state index in [1.54, 1.807) is 30.3 Å². The maximum Gasteiger partial charge on any atom is 0.390 e. The Kier molecular flexibility index (Phi) is 8.07. The molecule has 0 bridgehead atoms. The van der Waals surface area contributed by atoms with Crippen molar-refractivity contribution >= 4 is 34.0 Å². The number of anilines is 2. The highest BCUT2D eigenvalue weighted by molar-refractivity contribution is 6.30. The van der Waals surface area contributed by atoms with Crippen LogP contribution in [0.25, 0.3) is 22.4 Å². The van der Waals surface area contributed by atoms with Crippen molar-refractivity contribution in [2.24, 2.45) is 0 Å². The fourth-order valence-electron chi connectivity index (χ4n) is 4.99. The van der Waals surface area contributed by atoms with E-state index in [0.29, 0.717) is 53.8 Å². The summed E-state index contributed by atoms with van der Waals surface area (Å²) in [4.78, 5) is 27.6. The van der Waals surface area contributed by atoms with Crippen molar-refractivity contribution in [3.8, 4) is 11.4 Å². The van der Waals surface area contributed by atoms with Gasteiger partial charge >= 0.3 is 6.18 Å². The maximum atomic E-state index is 12.9. The molecular formula is C28H30ClF3N6O2. The number of H-pyrrole nitrogens is 2. The van der Waals surface area contributed by atoms with Crippen LogP contribution in [0.1, 0.15) is 23.7 Å². The molecule has 0 unspecified atom stereocenters. The number of aliphatic hydroxyl groups excluding tert-OH is 1. The first-order chi connectivity index (χ1) is 19.1. The Hall–Kier alpha value is -3.54. The van der Waals surface area contributed by atoms with Gasteiger partial charge in [-0.2, -0.15) is 13.2 Å². The lowest BCUT2D eigenvalue weighted by Crippen LogP contribution is -2.47. The normalized spacial score (nSPS) is 15.5. The lowest BCUT2D eigenvalue weighted by Gasteiger charge is -2.36. The maximum absolute atomic E-state index is 12.9. The minimum Gasteiger partial charge on any atom is -0.387 e. The van der Waals surface area contributed by atoms with Crippen molar-refractivity contribution in [2.45, 2.75) is 25.6 Å². The van der Waals surface area contributed by atoms with E-state index in [9.17, 15) is 23.1 Å². The molecule has 4 aromatic rings. The van der Waals surface area contributed by atoms with Crippen molar-refractivity contribution in [1.29, 1.82) is 0 Å². The van der Waals surface area contributed by atoms with Gasteiger partial charge in [-0.25, -0.2) is 4.98 Å². The number of fused-ring (bicyclic) bond motifs is 1. The van der Waals surface area contributed by atoms with Crippen LogP contribution in [-0.2, 0) is 0 Å². The number of piperazine rings is 1. The van der Waals surface area contributed by atoms with Gasteiger partial charge in [0.1, 0.15) is 11.4 Å². The lowest BCUT2D eigenvalue weighted by atomic mass is 10.1. The van der Waals surface area contributed by atoms with Gasteiger partial charge in [-0.15, -0.1) is 0 Å². The zero-order valence-electron chi connectivity index (χ0n) is 21.9. The van der Waals surface area contributed by atoms with Crippen LogP contribution in [-0.4, -0.2) is 70.4 Å². The van der Waals surface area contributed by atoms with Crippen molar-refractivity contribution in [1.82, 2.24) is 19.9 Å². The number of hydrogen-bond acceptors (Lipinski definition) is 6. The summed E-state index contributed by atoms with van der Waals surface area (Å²) in [5.74, 6) is 0.383. The van der Waals surface area contributed by atoms with Gasteiger partial charge in [0.2, 0.25) is 0 Å². The number of imidazole rings is 1. The van der Waals surface area contributed by atoms with E-state index in [4.69, 9.17) is 16.6 Å². The Morgan fingerprint density at radius 2 is 1.93 bits per heavy atom. The number of aromatic amines is 2. The number of nitrogens with zero attached hydrogens (tertiary/aromatic N) is 3. The fourth-order valence-corrected chi connectivity index (χ4v) is 5.19. The summed E-state index contributed by atoms with van der Waals surface area (Å²) in [5, 5.41) is 14.3. The van der Waals surface area contributed by atoms with Crippen LogP contribution in [0.15, 0.2) is 53.5 Å². The Morgan fingerprint density at radius 3 is 2.65 bits per heavy atom. The van der Waals surface area contributed by atoms with E-state index in [2.05, 4.69) is 20.2 Å². The van der Waals surface area contributed by atoms with Crippen LogP contribution in [0.4, 0.5) is 24.5 Å². The smallest absolute Gasteiger partial charge is 0.387 e. The van der Waals surface area contributed by atoms with Crippen LogP contribution >= 0.6 is 11.6 Å². The number of benzene rings is 2. The molecule has 12 heteroatoms. The van der Waals surface area contributed by atoms with Gasteiger partial charge in [-0.3, -0.25) is 9.69 Å². The van der Waals surface area contributed by atoms with E-state index in [1.807, 2.05) is 24.0 Å². The Morgan fingerprint density at radius 1 is 1.15 bits per heavy atom. The van der Waals surface area contributed by atoms with E-state index in [0.717, 1.165) is 22.3 Å². The molecule has 1 saturated heterocycles. The molecule has 2 aromatic heterocycles. The van der Waals surface area contributed by atoms with Crippen LogP contribution in [0.3, 0.4) is 0 Å². The third-order valence-electron chi connectivity index (χ3n) is 7.13. The predicted molar refractivity (Wildman–Crippen MR) is 151 cm³/mol. The first-order valence-corrected chi connectivity index (χ1v) is 13.4. The van der Waals surface area contributed by atoms with Gasteiger partial charge in [0, 0.05) is 56.2 Å². The fraction of sp³-hybridized carbons (Fsp3) is 0.357. The number of halogens is 4. The molecule has 0 saturated carbocycles. The monoisotopic (exact) mass is 574 g/mol. The topological polar surface area (TPSA) is 100 Å². The Labute approximate surface area is 233 Å². The van der Waals surface area contributed by atoms with Crippen LogP contribution < -0.4 is 15.8 Å². The van der Waals surface area contributed by atoms with Gasteiger partial charge in [-0.1, -0.05) is 23.7 Å². The largest absolute Gasteiger partial charge is 0.390 e. The van der Waals surface area contributed by atoms with Crippen molar-refractivity contribution in [2.75, 3.05) is 49.5 Å². The molecule has 1 aliphatic rings. The average molecular weight is 575 g/mol. The first kappa shape index (κ1) is 28.0. The molecule has 0 spiro atoms. The zero-order valence-corrected chi connectivity index (χ0v) is 22.6. The second-order valence-electron chi connectivity index (χ2n) is 9.99. The molecule has 40 heavy (non-hydrogen) atoms. The van der Waals surface area contributed by atoms with Crippen LogP contribution in [0.2, 0.25) is 5.02 Å². The van der Waals surface area contributed by atoms with E-state index < -0.39 is 18.7 Å². The number of nitrogens with one attached hydrogen (secondary N) is 3. The highest BCUT2D eigenvalue weighted by Crippen LogP contribution is 2.30. The molecule has 8 nitrogen and oxygen atoms in total. The van der Waals surface area contributed by atoms with E-state index in [-0.39, 0.29) is 18.6 Å². The SMILES string of the molecule is Cc1cc(N2CCN(CCC(F)(F)F)CC2)cc2[nH]c(-c3c(NC[C@@H](O)c4cccc(Cl)c4)cc[nH]c3=O)nc12. The molecular weight excluding hydrogens is 545 g/mol. The lowest BCUT2D eigenvalue weighted by molar-refractivity contribution is -0.138. The number of aliphatic hydroxyl groups is 1. The number of aryl methyl sites for hydroxylation is 1. The standard InChI is InChI=1S/C28H30ClF3N6O2/c1-17-13-20(38-11-9-37(10-12-38)8-6-28(30,31)32)15-22-25(17)36-26(35-22)24-21(5-7-33-27(24)40)34-16-23(39)18-3-2-4-19(29)14-18/h2-5,7,13-15,23,39H,6,8-12,16H2,1H3,(H,35,36)(H2,33,34,40)/t23-/m1/s1. The molecule has 0 aliphatic carbocycles. The Bertz CT molecular complexity index is 1550. The predicted octanol–water partition coefficient (Wildman–Crippen LogP) is 5.10. The number of alkyl halides is 3. The minimum absolute atomic E-state index is 0.0113. The number of aromatic nitrogens is 3. The van der Waals surface area contributed by atoms with Gasteiger partial charge < -0.3 is 25.3 Å². The molecule has 1 atom stereocenters. The van der Waals surface area contributed by atoms with Crippen molar-refractivity contribution in [3.63, 3.8) is 0 Å². The van der Waals surface area contributed by atoms with Crippen LogP contribution in [0, 0.1) is 6.92 Å². The number of hydrogen-bond donors (Lipinski definition) is 4. The zero-order chi connectivity index (χ0) is 28.4. The quantitative estimate of drug-likeness (QED) is 0.234. The molecule has 212 valence electrons. The van der Waals surface area contributed by atoms with E-state index in [1.165, 1.54) is 6.20 Å². The minimum atomic E-state index is -4.15. The molecule has 2 aromatic carbocycles. The molecule has 1 fully saturated rings. The third-order valence-corrected chi connectivity index (χ3v) is 7.36. The van der Waals surface area contributed by atoms with Crippen molar-refractivity contribution < 1.29 is 18.3 Å². The summed E-state index contributed by atoms with van der Waals surface area (Å²) in [6, 6.07) is 12.6. The summed E-state index contributed by atoms with van der Waals surface area (Å²) in [6.07, 6.45) is -4.27. The molecule has 3 heterocycles. The average Bonchev–Trinajstić information content (AvgIpc) is 3.35. The van der Waals surface area contributed by atoms with Gasteiger partial charge in [0.05, 0.1) is 29.2 Å². The van der Waals surface area contributed by atoms with Gasteiger partial charge in [0.25, 0.3) is 5.56 Å². The number of rotatable bonds is 8. The van der Waals surface area contributed by atoms with Crippen molar-refractivity contribution in [3.05, 3.63) is 75.2 Å². The first-order valence-electron chi connectivity index (χ1n) is 13.0. The van der Waals surface area contributed by atoms with Gasteiger partial charge in [-0.05, 0) is 48.4 Å². The summed E-state index contributed by atoms with van der Waals surface area (Å²) >= 11 is 6.05. The molecule has 5 rings (SSSR count). The molecule has 4 N–H and O–H groups in total. The van der Waals surface area contributed by atoms with Crippen LogP contribution in [0.5, 0.6) is 0 Å². The summed E-state index contributed by atoms with van der Waals surface area (Å²) in [5.41, 5.74) is 4.46. The third kappa shape index (κ3) is 6.43. The highest BCUT2D eigenvalue weighted by Gasteiger charge is 2.29. The highest BCUT2D eigenvalue weighted by atomic mass is 35.5. The summed E-state index contributed by atoms with van der Waals surface area (Å²) in [7, 11) is 0. The summed E-state index contributed by atoms with van der Waals surface area (Å²) in [6.45, 7) is 4.43. The number of pyridine rings is 1. The molecule has 0 amide bonds. The second-order valence-corrected chi connectivity index (χ2v) is 10.4. The summed E-state index contributed by atoms with van der Waals surface area (Å²) < 4.78 is 37.8. The Balaban J connectivity index is 1.34. The second kappa shape index (κ2) is 11.5. The van der Waals surface area contributed by atoms with Gasteiger partial charge in [0.15, 0.2) is 0 Å². The van der Waals surface area contributed by atoms with E-state index >= 15 is 0 Å².